The summed E-state index contributed by atoms with van der Waals surface area (Å²) in [4.78, 5) is 77.9. The first-order valence-corrected chi connectivity index (χ1v) is 36.6. The summed E-state index contributed by atoms with van der Waals surface area (Å²) in [6.45, 7) is 20.9. The number of ether oxygens (including phenoxy) is 3. The van der Waals surface area contributed by atoms with Crippen LogP contribution >= 0.6 is 22.7 Å². The Labute approximate surface area is 583 Å². The monoisotopic (exact) mass is 1430 g/mol. The lowest BCUT2D eigenvalue weighted by Gasteiger charge is -2.28. The molecule has 0 spiro atoms. The Morgan fingerprint density at radius 3 is 1.41 bits per heavy atom. The summed E-state index contributed by atoms with van der Waals surface area (Å²) in [5, 5.41) is 26.6. The van der Waals surface area contributed by atoms with Crippen LogP contribution in [0.15, 0.2) is 132 Å². The number of thiazole rings is 2. The summed E-state index contributed by atoms with van der Waals surface area (Å²) >= 11 is 2.88. The number of nitrogens with two attached hydrogens (primary N) is 1. The van der Waals surface area contributed by atoms with E-state index in [0.29, 0.717) is 41.7 Å². The lowest BCUT2D eigenvalue weighted by Crippen LogP contribution is -2.40. The molecule has 0 saturated heterocycles. The highest BCUT2D eigenvalue weighted by Gasteiger charge is 2.32. The minimum Gasteiger partial charge on any atom is -0.447 e. The zero-order valence-corrected chi connectivity index (χ0v) is 60.3. The van der Waals surface area contributed by atoms with Crippen molar-refractivity contribution in [2.75, 3.05) is 10.6 Å². The largest absolute Gasteiger partial charge is 0.447 e. The molecule has 2 saturated carbocycles. The fourth-order valence-corrected chi connectivity index (χ4v) is 15.9. The van der Waals surface area contributed by atoms with Crippen LogP contribution in [0.2, 0.25) is 0 Å². The summed E-state index contributed by atoms with van der Waals surface area (Å²) in [6, 6.07) is 21.4. The number of amides is 5. The molecule has 0 radical (unpaired) electrons. The van der Waals surface area contributed by atoms with Gasteiger partial charge in [0.15, 0.2) is 0 Å². The number of pyridine rings is 2. The minimum absolute atomic E-state index is 0.0271. The highest BCUT2D eigenvalue weighted by atomic mass is 32.2. The van der Waals surface area contributed by atoms with E-state index in [4.69, 9.17) is 21.3 Å². The average molecular weight is 1430 g/mol. The van der Waals surface area contributed by atoms with Gasteiger partial charge >= 0.3 is 24.3 Å². The molecule has 9 rings (SSSR count). The molecule has 0 bridgehead atoms. The van der Waals surface area contributed by atoms with Gasteiger partial charge in [0.2, 0.25) is 20.0 Å². The van der Waals surface area contributed by atoms with E-state index in [1.165, 1.54) is 59.1 Å². The summed E-state index contributed by atoms with van der Waals surface area (Å²) in [7, 11) is -8.00. The molecule has 0 atom stereocenters. The minimum atomic E-state index is -4.05. The molecule has 2 aliphatic rings. The maximum absolute atomic E-state index is 13.6. The number of alkyl carbamates (subject to hydrolysis) is 2. The third-order valence-corrected chi connectivity index (χ3v) is 20.4. The first-order valence-electron chi connectivity index (χ1n) is 32.7. The number of hydrogen-bond donors (Lipinski definition) is 8. The molecule has 98 heavy (non-hydrogen) atoms. The Bertz CT molecular complexity index is 4010. The number of benzene rings is 3. The van der Waals surface area contributed by atoms with Crippen LogP contribution < -0.4 is 46.5 Å². The molecule has 7 aromatic rings. The quantitative estimate of drug-likeness (QED) is 0.0275. The maximum Gasteiger partial charge on any atom is 0.417 e. The van der Waals surface area contributed by atoms with Crippen molar-refractivity contribution in [3.05, 3.63) is 153 Å². The van der Waals surface area contributed by atoms with E-state index < -0.39 is 60.4 Å². The van der Waals surface area contributed by atoms with Gasteiger partial charge in [-0.25, -0.2) is 55.4 Å². The molecular formula is C68H91N13O13S4. The predicted octanol–water partition coefficient (Wildman–Crippen LogP) is 13.9. The molecule has 4 aromatic heterocycles. The summed E-state index contributed by atoms with van der Waals surface area (Å²) in [5.41, 5.74) is 7.14. The fourth-order valence-electron chi connectivity index (χ4n) is 10.2. The Kier molecular flexibility index (Phi) is 28.5. The van der Waals surface area contributed by atoms with Crippen LogP contribution in [-0.2, 0) is 42.6 Å². The summed E-state index contributed by atoms with van der Waals surface area (Å²) in [5.74, 6) is 0.468. The Hall–Kier alpha value is -8.52. The van der Waals surface area contributed by atoms with E-state index in [9.17, 15) is 46.1 Å². The topological polar surface area (TPSA) is 369 Å². The number of sulfonamides is 2. The van der Waals surface area contributed by atoms with Crippen molar-refractivity contribution in [2.45, 2.75) is 205 Å². The van der Waals surface area contributed by atoms with Crippen LogP contribution in [0.5, 0.6) is 5.75 Å². The van der Waals surface area contributed by atoms with E-state index in [0.717, 1.165) is 77.4 Å². The Morgan fingerprint density at radius 1 is 0.622 bits per heavy atom. The summed E-state index contributed by atoms with van der Waals surface area (Å²) < 4.78 is 81.6. The van der Waals surface area contributed by atoms with Crippen molar-refractivity contribution in [3.63, 3.8) is 0 Å². The fraction of sp³-hybridized carbons (Fsp3) is 0.441. The number of aromatic nitrogens is 4. The second-order valence-electron chi connectivity index (χ2n) is 25.5. The van der Waals surface area contributed by atoms with E-state index in [1.54, 1.807) is 136 Å². The van der Waals surface area contributed by atoms with E-state index in [2.05, 4.69) is 56.0 Å². The third-order valence-electron chi connectivity index (χ3n) is 14.4. The van der Waals surface area contributed by atoms with Gasteiger partial charge in [0.25, 0.3) is 5.69 Å². The van der Waals surface area contributed by atoms with Gasteiger partial charge in [0.05, 0.1) is 46.7 Å². The molecule has 530 valence electrons. The lowest BCUT2D eigenvalue weighted by atomic mass is 9.86. The van der Waals surface area contributed by atoms with Crippen LogP contribution in [0.1, 0.15) is 169 Å². The van der Waals surface area contributed by atoms with Crippen LogP contribution in [0.25, 0.3) is 20.9 Å². The zero-order chi connectivity index (χ0) is 72.7. The van der Waals surface area contributed by atoms with Gasteiger partial charge in [0.1, 0.15) is 5.75 Å². The van der Waals surface area contributed by atoms with Crippen molar-refractivity contribution >= 4 is 84.1 Å². The van der Waals surface area contributed by atoms with Gasteiger partial charge in [-0.15, -0.1) is 22.7 Å². The SMILES string of the molecule is CC(C)OC(=O)NC1CCC(c2ncc(-c3ccc(NC(=O)NCc4ccncc4)cc3S(=O)(=O)NC(C)(C)C)s2)CC1.CC(C)OC(=O)NC1CCC(c2ncc(-c3ccc(NC(=O)Oc4ccc([N+](=O)[O-])cc4)cc3S(=O)(=O)NC(C)(C)C)s2)CC1.NCc1ccncc1.[2H]CC. The van der Waals surface area contributed by atoms with Crippen LogP contribution in [-0.4, -0.2) is 101 Å². The highest BCUT2D eigenvalue weighted by Crippen LogP contribution is 2.42. The molecule has 30 heteroatoms. The third kappa shape index (κ3) is 25.4. The molecule has 9 N–H and O–H groups in total. The maximum atomic E-state index is 13.6. The molecule has 0 unspecified atom stereocenters. The lowest BCUT2D eigenvalue weighted by molar-refractivity contribution is -0.384. The standard InChI is InChI=1S/C30H40N6O5S2.C30H37N5O8S2.C6H8N2.C2H6/c1-19(2)41-29(38)35-22-8-6-21(7-9-22)27-32-18-25(42-27)24-11-10-23(16-26(24)43(39,40)36-30(3,4)5)34-28(37)33-17-20-12-14-31-15-13-20;1-18(2)42-28(36)32-20-8-6-19(7-9-20)27-31-17-25(44-27)24-15-10-21(16-26(24)45(40,41)34-30(3,4)5)33-29(37)43-23-13-11-22(12-14-23)35(38)39;7-5-6-1-3-8-4-2-6;1-2/h10-16,18-19,21-22,36H,6-9,17H2,1-5H3,(H,35,38)(H2,33,34,37);10-20,34H,6-9H2,1-5H3,(H,32,36)(H,33,37);1-4H,5,7H2;1-2H3/i;;;1D. The number of urea groups is 1. The molecule has 5 amide bonds. The number of nitrogens with one attached hydrogen (secondary N) is 7. The first-order chi connectivity index (χ1) is 46.7. The molecule has 2 fully saturated rings. The number of carbonyl (C=O) groups is 4. The number of nitro groups is 1. The van der Waals surface area contributed by atoms with E-state index in [1.807, 2.05) is 26.0 Å². The predicted molar refractivity (Wildman–Crippen MR) is 381 cm³/mol. The van der Waals surface area contributed by atoms with Crippen LogP contribution in [0.3, 0.4) is 0 Å². The molecule has 26 nitrogen and oxygen atoms in total. The number of nitro benzene ring substituents is 1. The zero-order valence-electron chi connectivity index (χ0n) is 58.0. The first kappa shape index (κ1) is 76.8. The number of anilines is 2. The number of hydrogen-bond acceptors (Lipinski definition) is 20. The number of nitrogens with zero attached hydrogens (tertiary/aromatic N) is 5. The second-order valence-corrected chi connectivity index (χ2v) is 31.0. The number of non-ortho nitro benzene ring substituents is 1. The summed E-state index contributed by atoms with van der Waals surface area (Å²) in [6.07, 6.45) is 14.6. The molecule has 2 aliphatic carbocycles. The number of carbonyl (C=O) groups excluding carboxylic acids is 4. The second kappa shape index (κ2) is 36.4. The highest BCUT2D eigenvalue weighted by molar-refractivity contribution is 7.90. The smallest absolute Gasteiger partial charge is 0.417 e. The van der Waals surface area contributed by atoms with Crippen LogP contribution in [0, 0.1) is 10.1 Å². The van der Waals surface area contributed by atoms with Gasteiger partial charge in [-0.3, -0.25) is 25.4 Å². The Morgan fingerprint density at radius 2 is 1.03 bits per heavy atom. The molecular weight excluding hydrogens is 1340 g/mol. The van der Waals surface area contributed by atoms with Crippen LogP contribution in [0.4, 0.5) is 36.2 Å². The molecule has 3 aromatic carbocycles. The Balaban J connectivity index is 0.000000270. The van der Waals surface area contributed by atoms with Crippen molar-refractivity contribution < 1.29 is 56.5 Å². The van der Waals surface area contributed by atoms with Crippen molar-refractivity contribution in [1.29, 1.82) is 0 Å². The van der Waals surface area contributed by atoms with Gasteiger partial charge in [-0.2, -0.15) is 0 Å². The van der Waals surface area contributed by atoms with E-state index in [-0.39, 0.29) is 63.0 Å². The van der Waals surface area contributed by atoms with Crippen molar-refractivity contribution in [2.24, 2.45) is 5.73 Å². The van der Waals surface area contributed by atoms with Gasteiger partial charge in [-0.05, 0) is 192 Å². The van der Waals surface area contributed by atoms with Gasteiger partial charge in [-0.1, -0.05) is 26.0 Å². The van der Waals surface area contributed by atoms with Gasteiger partial charge < -0.3 is 41.2 Å². The molecule has 4 heterocycles. The van der Waals surface area contributed by atoms with Crippen molar-refractivity contribution in [1.82, 2.24) is 45.3 Å². The van der Waals surface area contributed by atoms with Crippen molar-refractivity contribution in [3.8, 4) is 26.6 Å². The van der Waals surface area contributed by atoms with Gasteiger partial charge in [0, 0.05) is 121 Å². The number of rotatable bonds is 19. The van der Waals surface area contributed by atoms with E-state index >= 15 is 0 Å². The average Bonchev–Trinajstić information content (AvgIpc) is 1.77. The molecule has 0 aliphatic heterocycles. The normalized spacial score (nSPS) is 16.4.